The SMILES string of the molecule is N=CC(Cc1ccccc1)NC(=O)/C=C/c1ccccc1. The summed E-state index contributed by atoms with van der Waals surface area (Å²) >= 11 is 0. The van der Waals surface area contributed by atoms with E-state index in [9.17, 15) is 4.79 Å². The molecule has 3 nitrogen and oxygen atoms in total. The Hall–Kier alpha value is -2.68. The molecule has 0 radical (unpaired) electrons. The van der Waals surface area contributed by atoms with Gasteiger partial charge in [0.05, 0.1) is 6.04 Å². The Morgan fingerprint density at radius 2 is 1.67 bits per heavy atom. The van der Waals surface area contributed by atoms with E-state index in [-0.39, 0.29) is 11.9 Å². The first-order chi connectivity index (χ1) is 10.3. The molecule has 0 saturated carbocycles. The molecule has 0 bridgehead atoms. The molecule has 2 aromatic rings. The molecule has 0 aromatic heterocycles. The molecule has 3 heteroatoms. The van der Waals surface area contributed by atoms with Crippen molar-refractivity contribution in [2.45, 2.75) is 12.5 Å². The van der Waals surface area contributed by atoms with Gasteiger partial charge in [0.15, 0.2) is 0 Å². The molecule has 1 atom stereocenters. The highest BCUT2D eigenvalue weighted by Crippen LogP contribution is 2.03. The summed E-state index contributed by atoms with van der Waals surface area (Å²) in [6.07, 6.45) is 5.15. The average Bonchev–Trinajstić information content (AvgIpc) is 2.54. The second kappa shape index (κ2) is 7.80. The Bertz CT molecular complexity index is 606. The molecule has 2 N–H and O–H groups in total. The molecular weight excluding hydrogens is 260 g/mol. The molecule has 2 aromatic carbocycles. The Kier molecular flexibility index (Phi) is 5.47. The highest BCUT2D eigenvalue weighted by atomic mass is 16.1. The minimum Gasteiger partial charge on any atom is -0.344 e. The van der Waals surface area contributed by atoms with Gasteiger partial charge < -0.3 is 10.7 Å². The van der Waals surface area contributed by atoms with E-state index < -0.39 is 0 Å². The van der Waals surface area contributed by atoms with Crippen molar-refractivity contribution in [2.75, 3.05) is 0 Å². The molecule has 2 rings (SSSR count). The number of hydrogen-bond donors (Lipinski definition) is 2. The average molecular weight is 278 g/mol. The number of benzene rings is 2. The predicted octanol–water partition coefficient (Wildman–Crippen LogP) is 3.08. The summed E-state index contributed by atoms with van der Waals surface area (Å²) in [6.45, 7) is 0. The van der Waals surface area contributed by atoms with Crippen molar-refractivity contribution >= 4 is 18.2 Å². The molecule has 0 spiro atoms. The van der Waals surface area contributed by atoms with Crippen LogP contribution in [0, 0.1) is 5.41 Å². The van der Waals surface area contributed by atoms with Gasteiger partial charge in [0.1, 0.15) is 0 Å². The highest BCUT2D eigenvalue weighted by Gasteiger charge is 2.08. The van der Waals surface area contributed by atoms with E-state index in [0.717, 1.165) is 11.1 Å². The highest BCUT2D eigenvalue weighted by molar-refractivity contribution is 5.93. The van der Waals surface area contributed by atoms with E-state index >= 15 is 0 Å². The van der Waals surface area contributed by atoms with Crippen LogP contribution in [0.5, 0.6) is 0 Å². The van der Waals surface area contributed by atoms with Gasteiger partial charge in [-0.05, 0) is 23.6 Å². The van der Waals surface area contributed by atoms with Crippen LogP contribution in [-0.4, -0.2) is 18.2 Å². The third-order valence-corrected chi connectivity index (χ3v) is 3.05. The fourth-order valence-corrected chi connectivity index (χ4v) is 1.99. The molecule has 1 amide bonds. The van der Waals surface area contributed by atoms with Crippen molar-refractivity contribution in [3.05, 3.63) is 77.9 Å². The Balaban J connectivity index is 1.91. The van der Waals surface area contributed by atoms with Crippen molar-refractivity contribution in [1.82, 2.24) is 5.32 Å². The molecule has 0 saturated heterocycles. The zero-order valence-electron chi connectivity index (χ0n) is 11.7. The van der Waals surface area contributed by atoms with E-state index in [0.29, 0.717) is 6.42 Å². The zero-order valence-corrected chi connectivity index (χ0v) is 11.7. The molecule has 0 aliphatic rings. The van der Waals surface area contributed by atoms with Crippen LogP contribution in [0.15, 0.2) is 66.7 Å². The van der Waals surface area contributed by atoms with Crippen LogP contribution in [-0.2, 0) is 11.2 Å². The van der Waals surface area contributed by atoms with Gasteiger partial charge in [-0.2, -0.15) is 0 Å². The van der Waals surface area contributed by atoms with E-state index in [4.69, 9.17) is 5.41 Å². The van der Waals surface area contributed by atoms with Gasteiger partial charge in [-0.1, -0.05) is 60.7 Å². The van der Waals surface area contributed by atoms with Gasteiger partial charge in [0.25, 0.3) is 0 Å². The van der Waals surface area contributed by atoms with Crippen molar-refractivity contribution < 1.29 is 4.79 Å². The number of carbonyl (C=O) groups excluding carboxylic acids is 1. The number of hydrogen-bond acceptors (Lipinski definition) is 2. The third-order valence-electron chi connectivity index (χ3n) is 3.05. The number of rotatable bonds is 6. The summed E-state index contributed by atoms with van der Waals surface area (Å²) in [6, 6.07) is 19.2. The first-order valence-corrected chi connectivity index (χ1v) is 6.86. The standard InChI is InChI=1S/C18H18N2O/c19-14-17(13-16-9-5-2-6-10-16)20-18(21)12-11-15-7-3-1-4-8-15/h1-12,14,17,19H,13H2,(H,20,21)/b12-11+,19-14?. The van der Waals surface area contributed by atoms with E-state index in [1.165, 1.54) is 12.3 Å². The largest absolute Gasteiger partial charge is 0.344 e. The van der Waals surface area contributed by atoms with Crippen LogP contribution < -0.4 is 5.32 Å². The maximum Gasteiger partial charge on any atom is 0.244 e. The lowest BCUT2D eigenvalue weighted by molar-refractivity contribution is -0.116. The topological polar surface area (TPSA) is 53.0 Å². The summed E-state index contributed by atoms with van der Waals surface area (Å²) in [4.78, 5) is 11.9. The van der Waals surface area contributed by atoms with Crippen LogP contribution in [0.1, 0.15) is 11.1 Å². The summed E-state index contributed by atoms with van der Waals surface area (Å²) in [5.41, 5.74) is 2.07. The molecule has 21 heavy (non-hydrogen) atoms. The molecule has 106 valence electrons. The number of nitrogens with one attached hydrogen (secondary N) is 2. The Morgan fingerprint density at radius 3 is 2.29 bits per heavy atom. The molecule has 1 unspecified atom stereocenters. The molecule has 0 aliphatic carbocycles. The lowest BCUT2D eigenvalue weighted by Crippen LogP contribution is -2.36. The van der Waals surface area contributed by atoms with Crippen LogP contribution in [0.3, 0.4) is 0 Å². The molecule has 0 fully saturated rings. The van der Waals surface area contributed by atoms with Crippen molar-refractivity contribution in [3.63, 3.8) is 0 Å². The van der Waals surface area contributed by atoms with Crippen LogP contribution in [0.2, 0.25) is 0 Å². The minimum atomic E-state index is -0.291. The summed E-state index contributed by atoms with van der Waals surface area (Å²) in [7, 11) is 0. The van der Waals surface area contributed by atoms with E-state index in [1.807, 2.05) is 60.7 Å². The number of carbonyl (C=O) groups is 1. The van der Waals surface area contributed by atoms with Gasteiger partial charge in [0, 0.05) is 12.3 Å². The summed E-state index contributed by atoms with van der Waals surface area (Å²) in [5.74, 6) is -0.191. The predicted molar refractivity (Wildman–Crippen MR) is 86.3 cm³/mol. The van der Waals surface area contributed by atoms with Crippen LogP contribution in [0.4, 0.5) is 0 Å². The minimum absolute atomic E-state index is 0.191. The number of amides is 1. The summed E-state index contributed by atoms with van der Waals surface area (Å²) in [5, 5.41) is 10.3. The van der Waals surface area contributed by atoms with Crippen molar-refractivity contribution in [1.29, 1.82) is 5.41 Å². The maximum atomic E-state index is 11.9. The lowest BCUT2D eigenvalue weighted by atomic mass is 10.1. The first kappa shape index (κ1) is 14.7. The molecule has 0 heterocycles. The van der Waals surface area contributed by atoms with Crippen molar-refractivity contribution in [3.8, 4) is 0 Å². The van der Waals surface area contributed by atoms with Crippen molar-refractivity contribution in [2.24, 2.45) is 0 Å². The quantitative estimate of drug-likeness (QED) is 0.619. The van der Waals surface area contributed by atoms with Gasteiger partial charge in [-0.15, -0.1) is 0 Å². The van der Waals surface area contributed by atoms with Gasteiger partial charge in [-0.25, -0.2) is 0 Å². The normalized spacial score (nSPS) is 12.0. The second-order valence-corrected chi connectivity index (χ2v) is 4.72. The first-order valence-electron chi connectivity index (χ1n) is 6.86. The Morgan fingerprint density at radius 1 is 1.05 bits per heavy atom. The molecular formula is C18H18N2O. The van der Waals surface area contributed by atoms with Gasteiger partial charge in [-0.3, -0.25) is 4.79 Å². The third kappa shape index (κ3) is 5.07. The maximum absolute atomic E-state index is 11.9. The van der Waals surface area contributed by atoms with E-state index in [2.05, 4.69) is 5.32 Å². The summed E-state index contributed by atoms with van der Waals surface area (Å²) < 4.78 is 0. The van der Waals surface area contributed by atoms with E-state index in [1.54, 1.807) is 6.08 Å². The fourth-order valence-electron chi connectivity index (χ4n) is 1.99. The Labute approximate surface area is 124 Å². The van der Waals surface area contributed by atoms with Gasteiger partial charge >= 0.3 is 0 Å². The molecule has 0 aliphatic heterocycles. The van der Waals surface area contributed by atoms with Crippen LogP contribution in [0.25, 0.3) is 6.08 Å². The lowest BCUT2D eigenvalue weighted by Gasteiger charge is -2.12. The van der Waals surface area contributed by atoms with Gasteiger partial charge in [0.2, 0.25) is 5.91 Å². The second-order valence-electron chi connectivity index (χ2n) is 4.72. The van der Waals surface area contributed by atoms with Crippen LogP contribution >= 0.6 is 0 Å². The zero-order chi connectivity index (χ0) is 14.9. The smallest absolute Gasteiger partial charge is 0.244 e. The monoisotopic (exact) mass is 278 g/mol. The fraction of sp³-hybridized carbons (Fsp3) is 0.111.